The van der Waals surface area contributed by atoms with Crippen LogP contribution in [0.25, 0.3) is 0 Å². The summed E-state index contributed by atoms with van der Waals surface area (Å²) >= 11 is 0. The molecule has 4 nitrogen and oxygen atoms in total. The third kappa shape index (κ3) is 4.68. The Labute approximate surface area is 95.8 Å². The van der Waals surface area contributed by atoms with E-state index in [1.807, 2.05) is 24.3 Å². The highest BCUT2D eigenvalue weighted by molar-refractivity contribution is 5.75. The van der Waals surface area contributed by atoms with Crippen molar-refractivity contribution in [2.45, 2.75) is 19.8 Å². The van der Waals surface area contributed by atoms with Crippen molar-refractivity contribution in [2.24, 2.45) is 5.73 Å². The van der Waals surface area contributed by atoms with Gasteiger partial charge in [-0.2, -0.15) is 0 Å². The molecule has 0 unspecified atom stereocenters. The van der Waals surface area contributed by atoms with Crippen molar-refractivity contribution >= 4 is 11.6 Å². The number of carbonyl (C=O) groups is 1. The van der Waals surface area contributed by atoms with Gasteiger partial charge in [0, 0.05) is 12.2 Å². The Morgan fingerprint density at radius 3 is 2.62 bits per heavy atom. The lowest BCUT2D eigenvalue weighted by molar-refractivity contribution is -0.119. The molecule has 3 N–H and O–H groups in total. The van der Waals surface area contributed by atoms with Crippen molar-refractivity contribution in [3.05, 3.63) is 24.3 Å². The van der Waals surface area contributed by atoms with Crippen LogP contribution < -0.4 is 15.8 Å². The molecule has 1 rings (SSSR count). The van der Waals surface area contributed by atoms with Crippen molar-refractivity contribution in [3.8, 4) is 5.75 Å². The molecule has 0 aliphatic rings. The van der Waals surface area contributed by atoms with E-state index in [2.05, 4.69) is 12.2 Å². The number of nitrogens with two attached hydrogens (primary N) is 1. The Morgan fingerprint density at radius 1 is 1.38 bits per heavy atom. The van der Waals surface area contributed by atoms with Crippen LogP contribution in [-0.2, 0) is 4.79 Å². The summed E-state index contributed by atoms with van der Waals surface area (Å²) in [6, 6.07) is 7.48. The van der Waals surface area contributed by atoms with Crippen LogP contribution in [-0.4, -0.2) is 19.1 Å². The first-order valence-electron chi connectivity index (χ1n) is 5.47. The standard InChI is InChI=1S/C12H18N2O2/c1-2-3-8-14-10-4-6-11(7-5-10)16-9-12(13)15/h4-7,14H,2-3,8-9H2,1H3,(H2,13,15). The van der Waals surface area contributed by atoms with E-state index in [9.17, 15) is 4.79 Å². The van der Waals surface area contributed by atoms with E-state index in [1.165, 1.54) is 6.42 Å². The summed E-state index contributed by atoms with van der Waals surface area (Å²) in [6.07, 6.45) is 2.33. The van der Waals surface area contributed by atoms with Crippen LogP contribution in [0.5, 0.6) is 5.75 Å². The van der Waals surface area contributed by atoms with Crippen LogP contribution in [0.2, 0.25) is 0 Å². The fourth-order valence-corrected chi connectivity index (χ4v) is 1.23. The van der Waals surface area contributed by atoms with E-state index >= 15 is 0 Å². The molecule has 16 heavy (non-hydrogen) atoms. The van der Waals surface area contributed by atoms with Crippen molar-refractivity contribution in [1.29, 1.82) is 0 Å². The van der Waals surface area contributed by atoms with Gasteiger partial charge in [-0.3, -0.25) is 4.79 Å². The molecule has 0 spiro atoms. The molecular weight excluding hydrogens is 204 g/mol. The minimum absolute atomic E-state index is 0.0807. The van der Waals surface area contributed by atoms with E-state index in [4.69, 9.17) is 10.5 Å². The molecule has 0 saturated carbocycles. The zero-order valence-corrected chi connectivity index (χ0v) is 9.53. The number of nitrogens with one attached hydrogen (secondary N) is 1. The molecular formula is C12H18N2O2. The molecule has 88 valence electrons. The maximum atomic E-state index is 10.5. The summed E-state index contributed by atoms with van der Waals surface area (Å²) < 4.78 is 5.15. The van der Waals surface area contributed by atoms with Gasteiger partial charge in [-0.05, 0) is 30.7 Å². The first kappa shape index (κ1) is 12.4. The van der Waals surface area contributed by atoms with Gasteiger partial charge in [0.05, 0.1) is 0 Å². The first-order chi connectivity index (χ1) is 7.72. The minimum atomic E-state index is -0.467. The van der Waals surface area contributed by atoms with E-state index in [1.54, 1.807) is 0 Å². The van der Waals surface area contributed by atoms with Gasteiger partial charge in [-0.25, -0.2) is 0 Å². The molecule has 0 bridgehead atoms. The van der Waals surface area contributed by atoms with Gasteiger partial charge >= 0.3 is 0 Å². The summed E-state index contributed by atoms with van der Waals surface area (Å²) in [7, 11) is 0. The molecule has 0 aromatic heterocycles. The summed E-state index contributed by atoms with van der Waals surface area (Å²) in [5.74, 6) is 0.185. The zero-order chi connectivity index (χ0) is 11.8. The van der Waals surface area contributed by atoms with E-state index in [-0.39, 0.29) is 6.61 Å². The topological polar surface area (TPSA) is 64.3 Å². The Hall–Kier alpha value is -1.71. The van der Waals surface area contributed by atoms with Crippen LogP contribution in [0, 0.1) is 0 Å². The third-order valence-electron chi connectivity index (χ3n) is 2.09. The van der Waals surface area contributed by atoms with Crippen molar-refractivity contribution in [2.75, 3.05) is 18.5 Å². The first-order valence-corrected chi connectivity index (χ1v) is 5.47. The number of benzene rings is 1. The Balaban J connectivity index is 2.38. The van der Waals surface area contributed by atoms with E-state index in [0.29, 0.717) is 5.75 Å². The number of amides is 1. The van der Waals surface area contributed by atoms with Crippen LogP contribution in [0.3, 0.4) is 0 Å². The quantitative estimate of drug-likeness (QED) is 0.691. The summed E-state index contributed by atoms with van der Waals surface area (Å²) in [5.41, 5.74) is 6.03. The highest BCUT2D eigenvalue weighted by Crippen LogP contribution is 2.15. The fourth-order valence-electron chi connectivity index (χ4n) is 1.23. The van der Waals surface area contributed by atoms with E-state index in [0.717, 1.165) is 18.7 Å². The summed E-state index contributed by atoms with van der Waals surface area (Å²) in [4.78, 5) is 10.5. The largest absolute Gasteiger partial charge is 0.484 e. The van der Waals surface area contributed by atoms with Gasteiger partial charge in [0.25, 0.3) is 5.91 Å². The molecule has 0 atom stereocenters. The summed E-state index contributed by atoms with van der Waals surface area (Å²) in [5, 5.41) is 3.29. The van der Waals surface area contributed by atoms with Crippen molar-refractivity contribution in [3.63, 3.8) is 0 Å². The van der Waals surface area contributed by atoms with Crippen LogP contribution in [0.15, 0.2) is 24.3 Å². The number of hydrogen-bond donors (Lipinski definition) is 2. The lowest BCUT2D eigenvalue weighted by Gasteiger charge is -2.07. The number of primary amides is 1. The molecule has 4 heteroatoms. The highest BCUT2D eigenvalue weighted by atomic mass is 16.5. The van der Waals surface area contributed by atoms with E-state index < -0.39 is 5.91 Å². The number of ether oxygens (including phenoxy) is 1. The van der Waals surface area contributed by atoms with Crippen molar-refractivity contribution < 1.29 is 9.53 Å². The Kier molecular flexibility index (Phi) is 5.19. The second-order valence-corrected chi connectivity index (χ2v) is 3.56. The lowest BCUT2D eigenvalue weighted by Crippen LogP contribution is -2.19. The maximum absolute atomic E-state index is 10.5. The molecule has 0 saturated heterocycles. The molecule has 0 aliphatic carbocycles. The van der Waals surface area contributed by atoms with Gasteiger partial charge < -0.3 is 15.8 Å². The normalized spacial score (nSPS) is 9.81. The smallest absolute Gasteiger partial charge is 0.255 e. The SMILES string of the molecule is CCCCNc1ccc(OCC(N)=O)cc1. The second kappa shape index (κ2) is 6.71. The van der Waals surface area contributed by atoms with Gasteiger partial charge in [0.1, 0.15) is 5.75 Å². The number of unbranched alkanes of at least 4 members (excludes halogenated alkanes) is 1. The van der Waals surface area contributed by atoms with Crippen LogP contribution in [0.1, 0.15) is 19.8 Å². The number of carbonyl (C=O) groups excluding carboxylic acids is 1. The number of hydrogen-bond acceptors (Lipinski definition) is 3. The monoisotopic (exact) mass is 222 g/mol. The molecule has 0 heterocycles. The van der Waals surface area contributed by atoms with Gasteiger partial charge in [-0.1, -0.05) is 13.3 Å². The third-order valence-corrected chi connectivity index (χ3v) is 2.09. The Bertz CT molecular complexity index is 322. The molecule has 0 radical (unpaired) electrons. The number of anilines is 1. The maximum Gasteiger partial charge on any atom is 0.255 e. The number of rotatable bonds is 7. The molecule has 0 aliphatic heterocycles. The minimum Gasteiger partial charge on any atom is -0.484 e. The molecule has 1 amide bonds. The Morgan fingerprint density at radius 2 is 2.06 bits per heavy atom. The molecule has 1 aromatic rings. The van der Waals surface area contributed by atoms with Crippen LogP contribution in [0.4, 0.5) is 5.69 Å². The second-order valence-electron chi connectivity index (χ2n) is 3.56. The van der Waals surface area contributed by atoms with Crippen LogP contribution >= 0.6 is 0 Å². The van der Waals surface area contributed by atoms with Gasteiger partial charge in [-0.15, -0.1) is 0 Å². The molecule has 1 aromatic carbocycles. The predicted molar refractivity (Wildman–Crippen MR) is 64.5 cm³/mol. The fraction of sp³-hybridized carbons (Fsp3) is 0.417. The lowest BCUT2D eigenvalue weighted by atomic mass is 10.3. The highest BCUT2D eigenvalue weighted by Gasteiger charge is 1.97. The summed E-state index contributed by atoms with van der Waals surface area (Å²) in [6.45, 7) is 3.04. The average molecular weight is 222 g/mol. The van der Waals surface area contributed by atoms with Crippen molar-refractivity contribution in [1.82, 2.24) is 0 Å². The van der Waals surface area contributed by atoms with Gasteiger partial charge in [0.2, 0.25) is 0 Å². The van der Waals surface area contributed by atoms with Gasteiger partial charge in [0.15, 0.2) is 6.61 Å². The zero-order valence-electron chi connectivity index (χ0n) is 9.53. The average Bonchev–Trinajstić information content (AvgIpc) is 2.28. The molecule has 0 fully saturated rings. The predicted octanol–water partition coefficient (Wildman–Crippen LogP) is 1.76.